The highest BCUT2D eigenvalue weighted by Crippen LogP contribution is 2.36. The second kappa shape index (κ2) is 6.84. The Morgan fingerprint density at radius 2 is 2.12 bits per heavy atom. The number of benzene rings is 1. The van der Waals surface area contributed by atoms with Gasteiger partial charge >= 0.3 is 0 Å². The molecule has 1 fully saturated rings. The molecule has 1 saturated heterocycles. The lowest BCUT2D eigenvalue weighted by Gasteiger charge is -2.35. The Morgan fingerprint density at radius 3 is 2.88 bits per heavy atom. The van der Waals surface area contributed by atoms with Crippen molar-refractivity contribution in [2.45, 2.75) is 51.1 Å². The fourth-order valence-electron chi connectivity index (χ4n) is 4.42. The van der Waals surface area contributed by atoms with Crippen LogP contribution in [0.15, 0.2) is 18.2 Å². The molecular formula is C19H28N4O. The number of aromatic nitrogens is 1. The first-order valence-electron chi connectivity index (χ1n) is 9.36. The van der Waals surface area contributed by atoms with E-state index in [9.17, 15) is 5.21 Å². The topological polar surface area (TPSA) is 70.7 Å². The molecule has 0 saturated carbocycles. The van der Waals surface area contributed by atoms with E-state index in [1.165, 1.54) is 67.5 Å². The van der Waals surface area contributed by atoms with Gasteiger partial charge in [0.1, 0.15) is 5.69 Å². The van der Waals surface area contributed by atoms with Crippen molar-refractivity contribution in [2.24, 2.45) is 0 Å². The third kappa shape index (κ3) is 2.97. The number of aryl methyl sites for hydroxylation is 1. The summed E-state index contributed by atoms with van der Waals surface area (Å²) < 4.78 is 0. The zero-order valence-electron chi connectivity index (χ0n) is 14.5. The number of H-pyrrole nitrogens is 1. The summed E-state index contributed by atoms with van der Waals surface area (Å²) in [5.41, 5.74) is 5.66. The highest BCUT2D eigenvalue weighted by atomic mass is 16.5. The van der Waals surface area contributed by atoms with Crippen molar-refractivity contribution in [3.63, 3.8) is 0 Å². The molecule has 0 spiro atoms. The van der Waals surface area contributed by atoms with Crippen molar-refractivity contribution in [3.8, 4) is 0 Å². The van der Waals surface area contributed by atoms with Gasteiger partial charge in [-0.3, -0.25) is 0 Å². The molecule has 1 aliphatic carbocycles. The van der Waals surface area contributed by atoms with Gasteiger partial charge in [0.15, 0.2) is 0 Å². The van der Waals surface area contributed by atoms with Crippen LogP contribution in [0.4, 0.5) is 5.69 Å². The number of likely N-dealkylation sites (tertiary alicyclic amines) is 1. The van der Waals surface area contributed by atoms with Gasteiger partial charge in [-0.2, -0.15) is 0 Å². The zero-order chi connectivity index (χ0) is 16.5. The highest BCUT2D eigenvalue weighted by molar-refractivity contribution is 5.87. The molecule has 4 rings (SSSR count). The Labute approximate surface area is 143 Å². The Kier molecular flexibility index (Phi) is 4.59. The van der Waals surface area contributed by atoms with E-state index in [2.05, 4.69) is 22.1 Å². The number of fused-ring (bicyclic) bond motifs is 3. The number of hydrogen-bond acceptors (Lipinski definition) is 3. The van der Waals surface area contributed by atoms with E-state index in [1.54, 1.807) is 0 Å². The molecule has 5 nitrogen and oxygen atoms in total. The van der Waals surface area contributed by atoms with Gasteiger partial charge in [0.2, 0.25) is 0 Å². The summed E-state index contributed by atoms with van der Waals surface area (Å²) in [6.07, 6.45) is 6.03. The van der Waals surface area contributed by atoms with Crippen molar-refractivity contribution in [1.29, 1.82) is 0 Å². The van der Waals surface area contributed by atoms with Gasteiger partial charge in [-0.1, -0.05) is 6.92 Å². The van der Waals surface area contributed by atoms with Crippen LogP contribution in [-0.4, -0.2) is 35.6 Å². The van der Waals surface area contributed by atoms with E-state index in [0.29, 0.717) is 12.1 Å². The van der Waals surface area contributed by atoms with Crippen LogP contribution in [0.1, 0.15) is 49.9 Å². The van der Waals surface area contributed by atoms with Crippen LogP contribution in [0, 0.1) is 5.21 Å². The molecule has 0 bridgehead atoms. The molecule has 2 aromatic rings. The fraction of sp³-hybridized carbons (Fsp3) is 0.579. The lowest BCUT2D eigenvalue weighted by molar-refractivity contribution is -0.497. The second-order valence-corrected chi connectivity index (χ2v) is 7.26. The average molecular weight is 328 g/mol. The Balaban J connectivity index is 1.55. The van der Waals surface area contributed by atoms with E-state index >= 15 is 0 Å². The van der Waals surface area contributed by atoms with Crippen LogP contribution in [0.2, 0.25) is 0 Å². The van der Waals surface area contributed by atoms with Crippen LogP contribution < -0.4 is 10.8 Å². The summed E-state index contributed by atoms with van der Waals surface area (Å²) in [5.74, 6) is 0. The largest absolute Gasteiger partial charge is 0.630 e. The summed E-state index contributed by atoms with van der Waals surface area (Å²) in [6, 6.07) is 7.05. The number of nitrogens with one attached hydrogen (secondary N) is 2. The Hall–Kier alpha value is -1.40. The molecule has 24 heavy (non-hydrogen) atoms. The number of rotatable bonds is 4. The summed E-state index contributed by atoms with van der Waals surface area (Å²) in [4.78, 5) is 6.17. The zero-order valence-corrected chi connectivity index (χ0v) is 14.5. The summed E-state index contributed by atoms with van der Waals surface area (Å²) in [6.45, 7) is 5.84. The predicted molar refractivity (Wildman–Crippen MR) is 97.2 cm³/mol. The van der Waals surface area contributed by atoms with Crippen LogP contribution in [0.5, 0.6) is 0 Å². The summed E-state index contributed by atoms with van der Waals surface area (Å²) in [5, 5.41) is 16.3. The maximum absolute atomic E-state index is 11.1. The SMILES string of the molecule is CCN1CCC(NC2CCCc3c2[nH]c2ccc([NH2+][O-])cc32)CC1. The summed E-state index contributed by atoms with van der Waals surface area (Å²) >= 11 is 0. The van der Waals surface area contributed by atoms with Crippen molar-refractivity contribution in [2.75, 3.05) is 19.6 Å². The molecule has 1 unspecified atom stereocenters. The number of aromatic amines is 1. The maximum atomic E-state index is 11.1. The number of nitrogens with zero attached hydrogens (tertiary/aromatic N) is 1. The molecule has 0 amide bonds. The monoisotopic (exact) mass is 328 g/mol. The molecule has 1 aromatic heterocycles. The molecule has 4 N–H and O–H groups in total. The van der Waals surface area contributed by atoms with Crippen LogP contribution >= 0.6 is 0 Å². The molecular weight excluding hydrogens is 300 g/mol. The lowest BCUT2D eigenvalue weighted by Crippen LogP contribution is -2.70. The first-order valence-corrected chi connectivity index (χ1v) is 9.36. The van der Waals surface area contributed by atoms with Gasteiger partial charge in [-0.05, 0) is 63.4 Å². The van der Waals surface area contributed by atoms with Gasteiger partial charge in [0.25, 0.3) is 0 Å². The normalized spacial score (nSPS) is 22.8. The highest BCUT2D eigenvalue weighted by Gasteiger charge is 2.27. The van der Waals surface area contributed by atoms with Gasteiger partial charge in [0, 0.05) is 40.8 Å². The minimum Gasteiger partial charge on any atom is -0.630 e. The average Bonchev–Trinajstić information content (AvgIpc) is 3.01. The van der Waals surface area contributed by atoms with Gasteiger partial charge < -0.3 is 25.9 Å². The van der Waals surface area contributed by atoms with E-state index in [1.807, 2.05) is 18.2 Å². The van der Waals surface area contributed by atoms with Crippen molar-refractivity contribution < 1.29 is 5.48 Å². The van der Waals surface area contributed by atoms with Crippen LogP contribution in [0.3, 0.4) is 0 Å². The molecule has 2 aliphatic rings. The molecule has 5 heteroatoms. The number of piperidine rings is 1. The lowest BCUT2D eigenvalue weighted by atomic mass is 9.90. The van der Waals surface area contributed by atoms with Gasteiger partial charge in [-0.25, -0.2) is 0 Å². The van der Waals surface area contributed by atoms with Gasteiger partial charge in [0.05, 0.1) is 0 Å². The molecule has 1 aliphatic heterocycles. The second-order valence-electron chi connectivity index (χ2n) is 7.26. The maximum Gasteiger partial charge on any atom is 0.130 e. The Morgan fingerprint density at radius 1 is 1.29 bits per heavy atom. The first kappa shape index (κ1) is 16.1. The minimum absolute atomic E-state index is 0.430. The van der Waals surface area contributed by atoms with Crippen LogP contribution in [0.25, 0.3) is 10.9 Å². The number of quaternary nitrogens is 1. The third-order valence-corrected chi connectivity index (χ3v) is 5.84. The summed E-state index contributed by atoms with van der Waals surface area (Å²) in [7, 11) is 0. The minimum atomic E-state index is 0.430. The molecule has 130 valence electrons. The van der Waals surface area contributed by atoms with E-state index in [0.717, 1.165) is 17.6 Å². The first-order chi connectivity index (χ1) is 11.8. The van der Waals surface area contributed by atoms with E-state index < -0.39 is 0 Å². The fourth-order valence-corrected chi connectivity index (χ4v) is 4.42. The molecule has 1 aromatic carbocycles. The standard InChI is InChI=1S/C19H28N4O/c1-2-23-10-8-13(9-11-23)20-18-5-3-4-15-16-12-14(22-24)6-7-17(16)21-19(15)18/h6-7,12-13,18,20-21H,2-5,8-11,22H2,1H3. The smallest absolute Gasteiger partial charge is 0.130 e. The van der Waals surface area contributed by atoms with E-state index in [-0.39, 0.29) is 0 Å². The predicted octanol–water partition coefficient (Wildman–Crippen LogP) is 2.31. The van der Waals surface area contributed by atoms with Crippen molar-refractivity contribution in [3.05, 3.63) is 34.7 Å². The van der Waals surface area contributed by atoms with Crippen molar-refractivity contribution >= 4 is 16.6 Å². The van der Waals surface area contributed by atoms with Gasteiger partial charge in [-0.15, -0.1) is 0 Å². The third-order valence-electron chi connectivity index (χ3n) is 5.84. The number of nitrogens with two attached hydrogens (primary N) is 1. The van der Waals surface area contributed by atoms with Crippen molar-refractivity contribution in [1.82, 2.24) is 15.2 Å². The van der Waals surface area contributed by atoms with E-state index in [4.69, 9.17) is 0 Å². The molecule has 0 radical (unpaired) electrons. The molecule has 2 heterocycles. The number of hydrogen-bond donors (Lipinski definition) is 3. The Bertz CT molecular complexity index is 703. The quantitative estimate of drug-likeness (QED) is 0.596. The molecule has 1 atom stereocenters. The van der Waals surface area contributed by atoms with Crippen LogP contribution in [-0.2, 0) is 6.42 Å².